The molecule has 0 spiro atoms. The lowest BCUT2D eigenvalue weighted by molar-refractivity contribution is 0.341. The zero-order valence-electron chi connectivity index (χ0n) is 8.10. The maximum absolute atomic E-state index is 4.18. The van der Waals surface area contributed by atoms with Gasteiger partial charge in [-0.25, -0.2) is 0 Å². The van der Waals surface area contributed by atoms with Gasteiger partial charge in [-0.1, -0.05) is 13.8 Å². The van der Waals surface area contributed by atoms with Crippen molar-refractivity contribution in [2.75, 3.05) is 0 Å². The van der Waals surface area contributed by atoms with E-state index in [0.29, 0.717) is 0 Å². The van der Waals surface area contributed by atoms with Crippen molar-refractivity contribution in [1.82, 2.24) is 10.2 Å². The standard InChI is InChI=1S/C10H15BrN2/c1-6(2)7-3-4-9-8(5-7)10(11)13-12-9/h6-7H,3-5H2,1-2H3,(H,12,13). The van der Waals surface area contributed by atoms with Gasteiger partial charge in [-0.3, -0.25) is 5.10 Å². The van der Waals surface area contributed by atoms with Gasteiger partial charge in [0, 0.05) is 11.3 Å². The molecular formula is C10H15BrN2. The minimum atomic E-state index is 0.787. The topological polar surface area (TPSA) is 28.7 Å². The molecule has 1 aliphatic rings. The van der Waals surface area contributed by atoms with Gasteiger partial charge in [-0.15, -0.1) is 0 Å². The van der Waals surface area contributed by atoms with Crippen LogP contribution in [0, 0.1) is 11.8 Å². The smallest absolute Gasteiger partial charge is 0.131 e. The van der Waals surface area contributed by atoms with Gasteiger partial charge in [-0.05, 0) is 47.0 Å². The molecule has 1 heterocycles. The van der Waals surface area contributed by atoms with Crippen molar-refractivity contribution in [1.29, 1.82) is 0 Å². The highest BCUT2D eigenvalue weighted by Gasteiger charge is 2.24. The van der Waals surface area contributed by atoms with E-state index >= 15 is 0 Å². The monoisotopic (exact) mass is 242 g/mol. The SMILES string of the molecule is CC(C)C1CCc2[nH]nc(Br)c2C1. The molecular weight excluding hydrogens is 228 g/mol. The lowest BCUT2D eigenvalue weighted by atomic mass is 9.81. The van der Waals surface area contributed by atoms with Crippen LogP contribution in [-0.4, -0.2) is 10.2 Å². The number of halogens is 1. The molecule has 2 rings (SSSR count). The van der Waals surface area contributed by atoms with Crippen molar-refractivity contribution < 1.29 is 0 Å². The van der Waals surface area contributed by atoms with Gasteiger partial charge < -0.3 is 0 Å². The summed E-state index contributed by atoms with van der Waals surface area (Å²) in [5, 5.41) is 7.27. The van der Waals surface area contributed by atoms with Crippen LogP contribution in [0.1, 0.15) is 31.5 Å². The first-order chi connectivity index (χ1) is 6.18. The Balaban J connectivity index is 2.22. The molecule has 72 valence electrons. The molecule has 0 fully saturated rings. The third-order valence-corrected chi connectivity index (χ3v) is 3.73. The highest BCUT2D eigenvalue weighted by atomic mass is 79.9. The quantitative estimate of drug-likeness (QED) is 0.807. The van der Waals surface area contributed by atoms with Gasteiger partial charge in [-0.2, -0.15) is 5.10 Å². The molecule has 0 bridgehead atoms. The van der Waals surface area contributed by atoms with Crippen molar-refractivity contribution >= 4 is 15.9 Å². The molecule has 0 radical (unpaired) electrons. The summed E-state index contributed by atoms with van der Waals surface area (Å²) in [4.78, 5) is 0. The molecule has 3 heteroatoms. The molecule has 2 nitrogen and oxygen atoms in total. The molecule has 1 aromatic heterocycles. The summed E-state index contributed by atoms with van der Waals surface area (Å²) in [7, 11) is 0. The summed E-state index contributed by atoms with van der Waals surface area (Å²) in [6.45, 7) is 4.62. The number of nitrogens with zero attached hydrogens (tertiary/aromatic N) is 1. The highest BCUT2D eigenvalue weighted by Crippen LogP contribution is 2.32. The molecule has 0 saturated carbocycles. The van der Waals surface area contributed by atoms with E-state index in [1.807, 2.05) is 0 Å². The third-order valence-electron chi connectivity index (χ3n) is 3.08. The van der Waals surface area contributed by atoms with Crippen molar-refractivity contribution in [3.05, 3.63) is 15.9 Å². The third kappa shape index (κ3) is 1.66. The number of aromatic amines is 1. The number of nitrogens with one attached hydrogen (secondary N) is 1. The van der Waals surface area contributed by atoms with E-state index in [1.54, 1.807) is 0 Å². The first-order valence-electron chi connectivity index (χ1n) is 4.90. The first-order valence-corrected chi connectivity index (χ1v) is 5.69. The molecule has 13 heavy (non-hydrogen) atoms. The normalized spacial score (nSPS) is 22.0. The van der Waals surface area contributed by atoms with Crippen LogP contribution in [0.2, 0.25) is 0 Å². The van der Waals surface area contributed by atoms with Crippen LogP contribution in [-0.2, 0) is 12.8 Å². The molecule has 0 amide bonds. The predicted molar refractivity (Wildman–Crippen MR) is 56.6 cm³/mol. The second-order valence-corrected chi connectivity index (χ2v) is 4.97. The van der Waals surface area contributed by atoms with Crippen LogP contribution in [0.4, 0.5) is 0 Å². The average molecular weight is 243 g/mol. The van der Waals surface area contributed by atoms with Crippen LogP contribution in [0.5, 0.6) is 0 Å². The Morgan fingerprint density at radius 2 is 2.31 bits per heavy atom. The van der Waals surface area contributed by atoms with E-state index in [9.17, 15) is 0 Å². The fraction of sp³-hybridized carbons (Fsp3) is 0.700. The molecule has 0 aliphatic heterocycles. The van der Waals surface area contributed by atoms with Crippen molar-refractivity contribution in [3.8, 4) is 0 Å². The number of fused-ring (bicyclic) bond motifs is 1. The van der Waals surface area contributed by atoms with E-state index in [2.05, 4.69) is 40.0 Å². The molecule has 1 aliphatic carbocycles. The maximum Gasteiger partial charge on any atom is 0.131 e. The minimum Gasteiger partial charge on any atom is -0.281 e. The average Bonchev–Trinajstić information content (AvgIpc) is 2.47. The molecule has 1 unspecified atom stereocenters. The number of aromatic nitrogens is 2. The Morgan fingerprint density at radius 3 is 3.00 bits per heavy atom. The maximum atomic E-state index is 4.18. The lowest BCUT2D eigenvalue weighted by Crippen LogP contribution is -2.18. The predicted octanol–water partition coefficient (Wildman–Crippen LogP) is 2.93. The summed E-state index contributed by atoms with van der Waals surface area (Å²) in [6, 6.07) is 0. The summed E-state index contributed by atoms with van der Waals surface area (Å²) in [5.74, 6) is 1.62. The fourth-order valence-electron chi connectivity index (χ4n) is 2.05. The van der Waals surface area contributed by atoms with Gasteiger partial charge in [0.25, 0.3) is 0 Å². The Labute approximate surface area is 87.2 Å². The largest absolute Gasteiger partial charge is 0.281 e. The molecule has 1 N–H and O–H groups in total. The number of hydrogen-bond donors (Lipinski definition) is 1. The van der Waals surface area contributed by atoms with Crippen molar-refractivity contribution in [2.45, 2.75) is 33.1 Å². The van der Waals surface area contributed by atoms with Gasteiger partial charge in [0.2, 0.25) is 0 Å². The minimum absolute atomic E-state index is 0.787. The number of aryl methyl sites for hydroxylation is 1. The van der Waals surface area contributed by atoms with Crippen molar-refractivity contribution in [2.24, 2.45) is 11.8 Å². The van der Waals surface area contributed by atoms with E-state index in [0.717, 1.165) is 22.9 Å². The Kier molecular flexibility index (Phi) is 2.45. The van der Waals surface area contributed by atoms with E-state index in [1.165, 1.54) is 24.1 Å². The Hall–Kier alpha value is -0.310. The van der Waals surface area contributed by atoms with Crippen LogP contribution in [0.25, 0.3) is 0 Å². The molecule has 1 aromatic rings. The summed E-state index contributed by atoms with van der Waals surface area (Å²) < 4.78 is 1.02. The Morgan fingerprint density at radius 1 is 1.54 bits per heavy atom. The molecule has 0 saturated heterocycles. The Bertz CT molecular complexity index is 304. The van der Waals surface area contributed by atoms with Gasteiger partial charge >= 0.3 is 0 Å². The fourth-order valence-corrected chi connectivity index (χ4v) is 2.54. The van der Waals surface area contributed by atoms with E-state index < -0.39 is 0 Å². The number of hydrogen-bond acceptors (Lipinski definition) is 1. The molecule has 1 atom stereocenters. The summed E-state index contributed by atoms with van der Waals surface area (Å²) >= 11 is 3.49. The van der Waals surface area contributed by atoms with E-state index in [4.69, 9.17) is 0 Å². The number of H-pyrrole nitrogens is 1. The van der Waals surface area contributed by atoms with E-state index in [-0.39, 0.29) is 0 Å². The van der Waals surface area contributed by atoms with Gasteiger partial charge in [0.15, 0.2) is 0 Å². The first kappa shape index (κ1) is 9.25. The highest BCUT2D eigenvalue weighted by molar-refractivity contribution is 9.10. The lowest BCUT2D eigenvalue weighted by Gasteiger charge is -2.24. The zero-order chi connectivity index (χ0) is 9.42. The summed E-state index contributed by atoms with van der Waals surface area (Å²) in [5.41, 5.74) is 2.74. The van der Waals surface area contributed by atoms with Crippen LogP contribution in [0.3, 0.4) is 0 Å². The second-order valence-electron chi connectivity index (χ2n) is 4.22. The van der Waals surface area contributed by atoms with Crippen LogP contribution in [0.15, 0.2) is 4.60 Å². The van der Waals surface area contributed by atoms with Crippen LogP contribution < -0.4 is 0 Å². The van der Waals surface area contributed by atoms with Gasteiger partial charge in [0.05, 0.1) is 0 Å². The second kappa shape index (κ2) is 3.45. The van der Waals surface area contributed by atoms with Crippen molar-refractivity contribution in [3.63, 3.8) is 0 Å². The summed E-state index contributed by atoms with van der Waals surface area (Å²) in [6.07, 6.45) is 3.65. The number of rotatable bonds is 1. The van der Waals surface area contributed by atoms with Gasteiger partial charge in [0.1, 0.15) is 4.60 Å². The zero-order valence-corrected chi connectivity index (χ0v) is 9.69. The van der Waals surface area contributed by atoms with Crippen LogP contribution >= 0.6 is 15.9 Å². The molecule has 0 aromatic carbocycles.